The molecular weight excluding hydrogens is 631 g/mol. The van der Waals surface area contributed by atoms with E-state index in [0.29, 0.717) is 0 Å². The normalized spacial score (nSPS) is 10.2. The second-order valence-electron chi connectivity index (χ2n) is 8.87. The fourth-order valence-corrected chi connectivity index (χ4v) is 2.77. The molecule has 0 saturated carbocycles. The number of allylic oxidation sites excluding steroid dienone is 4. The Bertz CT molecular complexity index is 592. The number of carbonyl (C=O) groups excluding carboxylic acids is 4. The quantitative estimate of drug-likeness (QED) is 0.108. The minimum atomic E-state index is -1.10. The zero-order valence-electron chi connectivity index (χ0n) is 25.7. The summed E-state index contributed by atoms with van der Waals surface area (Å²) in [6.07, 6.45) is 27.9. The topological polar surface area (TPSA) is 161 Å². The van der Waals surface area contributed by atoms with Crippen LogP contribution in [0, 0.1) is 0 Å². The third-order valence-electron chi connectivity index (χ3n) is 4.91. The minimum absolute atomic E-state index is 0. The number of hydrogen-bond donors (Lipinski definition) is 0. The molecule has 0 saturated heterocycles. The van der Waals surface area contributed by atoms with Gasteiger partial charge < -0.3 is 39.6 Å². The predicted octanol–water partition coefficient (Wildman–Crippen LogP) is 3.11. The minimum Gasteiger partial charge on any atom is -0.545 e. The van der Waals surface area contributed by atoms with Crippen LogP contribution in [0.1, 0.15) is 130 Å². The molecule has 8 nitrogen and oxygen atoms in total. The Labute approximate surface area is 265 Å². The van der Waals surface area contributed by atoms with Gasteiger partial charge in [-0.15, -0.1) is 0 Å². The average Bonchev–Trinajstić information content (AvgIpc) is 2.89. The second-order valence-corrected chi connectivity index (χ2v) is 8.87. The second kappa shape index (κ2) is 44.7. The summed E-state index contributed by atoms with van der Waals surface area (Å²) in [5.74, 6) is -4.40. The Balaban J connectivity index is -0.000000139. The maximum Gasteiger partial charge on any atom is 4.00 e. The zero-order valence-corrected chi connectivity index (χ0v) is 28.6. The molecule has 0 amide bonds. The van der Waals surface area contributed by atoms with E-state index in [1.165, 1.54) is 25.7 Å². The standard InChI is InChI=1S/4C8H14O2.Sn/c4*1-2-3-4-5-6-7-8(9)10;/h4*6-7H,2-5H2,1H3,(H,9,10);/q;;;;+4/p-4. The first-order valence-corrected chi connectivity index (χ1v) is 14.6. The summed E-state index contributed by atoms with van der Waals surface area (Å²) in [7, 11) is 0. The summed E-state index contributed by atoms with van der Waals surface area (Å²) in [5, 5.41) is 39.3. The molecule has 9 heteroatoms. The molecule has 0 radical (unpaired) electrons. The number of rotatable bonds is 20. The van der Waals surface area contributed by atoms with Crippen LogP contribution >= 0.6 is 0 Å². The van der Waals surface area contributed by atoms with Gasteiger partial charge in [-0.2, -0.15) is 0 Å². The molecule has 0 unspecified atom stereocenters. The van der Waals surface area contributed by atoms with Crippen molar-refractivity contribution in [2.24, 2.45) is 0 Å². The summed E-state index contributed by atoms with van der Waals surface area (Å²) < 4.78 is 0. The van der Waals surface area contributed by atoms with Gasteiger partial charge in [0.25, 0.3) is 0 Å². The average molecular weight is 683 g/mol. The van der Waals surface area contributed by atoms with E-state index in [1.54, 1.807) is 24.3 Å². The molecule has 0 N–H and O–H groups in total. The fourth-order valence-electron chi connectivity index (χ4n) is 2.77. The van der Waals surface area contributed by atoms with E-state index < -0.39 is 23.9 Å². The first kappa shape index (κ1) is 48.4. The van der Waals surface area contributed by atoms with Crippen molar-refractivity contribution in [3.63, 3.8) is 0 Å². The van der Waals surface area contributed by atoms with Crippen LogP contribution in [0.5, 0.6) is 0 Å². The van der Waals surface area contributed by atoms with Crippen LogP contribution in [0.25, 0.3) is 0 Å². The Morgan fingerprint density at radius 2 is 0.561 bits per heavy atom. The van der Waals surface area contributed by atoms with Crippen molar-refractivity contribution in [3.8, 4) is 0 Å². The molecule has 0 spiro atoms. The summed E-state index contributed by atoms with van der Waals surface area (Å²) in [5.41, 5.74) is 0. The van der Waals surface area contributed by atoms with E-state index in [9.17, 15) is 39.6 Å². The van der Waals surface area contributed by atoms with Crippen molar-refractivity contribution in [2.45, 2.75) is 130 Å². The van der Waals surface area contributed by atoms with E-state index in [2.05, 4.69) is 27.7 Å². The van der Waals surface area contributed by atoms with Crippen LogP contribution in [0.4, 0.5) is 0 Å². The van der Waals surface area contributed by atoms with Gasteiger partial charge in [-0.05, 0) is 75.7 Å². The van der Waals surface area contributed by atoms with Gasteiger partial charge in [0, 0.05) is 0 Å². The van der Waals surface area contributed by atoms with Crippen molar-refractivity contribution >= 4 is 47.8 Å². The molecule has 0 aliphatic heterocycles. The van der Waals surface area contributed by atoms with Gasteiger partial charge in [-0.25, -0.2) is 0 Å². The van der Waals surface area contributed by atoms with Crippen LogP contribution in [0.15, 0.2) is 48.6 Å². The smallest absolute Gasteiger partial charge is 0.545 e. The monoisotopic (exact) mass is 684 g/mol. The molecular formula is C32H52O8Sn. The van der Waals surface area contributed by atoms with Crippen LogP contribution in [0.3, 0.4) is 0 Å². The first-order valence-electron chi connectivity index (χ1n) is 14.6. The number of unbranched alkanes of at least 4 members (excludes halogenated alkanes) is 12. The Hall–Kier alpha value is -2.36. The molecule has 0 aliphatic rings. The maximum atomic E-state index is 9.83. The molecule has 0 aromatic carbocycles. The van der Waals surface area contributed by atoms with Gasteiger partial charge >= 0.3 is 23.9 Å². The number of carbonyl (C=O) groups is 4. The largest absolute Gasteiger partial charge is 4.00 e. The van der Waals surface area contributed by atoms with Gasteiger partial charge in [-0.1, -0.05) is 103 Å². The molecule has 0 bridgehead atoms. The molecule has 232 valence electrons. The molecule has 0 aromatic rings. The van der Waals surface area contributed by atoms with Crippen molar-refractivity contribution in [1.29, 1.82) is 0 Å². The number of carboxylic acids is 4. The SMILES string of the molecule is CCCCCC=CC(=O)[O-].CCCCCC=CC(=O)[O-].CCCCCC=CC(=O)[O-].CCCCCC=CC(=O)[O-].[Sn+4]. The van der Waals surface area contributed by atoms with Crippen molar-refractivity contribution in [1.82, 2.24) is 0 Å². The Morgan fingerprint density at radius 1 is 0.390 bits per heavy atom. The molecule has 0 heterocycles. The van der Waals surface area contributed by atoms with E-state index in [4.69, 9.17) is 0 Å². The number of carboxylic acid groups (broad SMARTS) is 4. The van der Waals surface area contributed by atoms with Gasteiger partial charge in [-0.3, -0.25) is 0 Å². The summed E-state index contributed by atoms with van der Waals surface area (Å²) in [6, 6.07) is 0. The predicted molar refractivity (Wildman–Crippen MR) is 159 cm³/mol. The van der Waals surface area contributed by atoms with Crippen LogP contribution in [-0.4, -0.2) is 47.8 Å². The van der Waals surface area contributed by atoms with Crippen LogP contribution < -0.4 is 20.4 Å². The van der Waals surface area contributed by atoms with E-state index in [1.807, 2.05) is 0 Å². The fraction of sp³-hybridized carbons (Fsp3) is 0.625. The summed E-state index contributed by atoms with van der Waals surface area (Å²) in [6.45, 7) is 8.45. The van der Waals surface area contributed by atoms with E-state index in [-0.39, 0.29) is 23.9 Å². The Kier molecular flexibility index (Phi) is 52.7. The van der Waals surface area contributed by atoms with E-state index >= 15 is 0 Å². The van der Waals surface area contributed by atoms with Gasteiger partial charge in [0.15, 0.2) is 0 Å². The van der Waals surface area contributed by atoms with Crippen molar-refractivity contribution < 1.29 is 39.6 Å². The number of aliphatic carboxylic acids is 4. The molecule has 41 heavy (non-hydrogen) atoms. The summed E-state index contributed by atoms with van der Waals surface area (Å²) >= 11 is 0. The third kappa shape index (κ3) is 72.7. The third-order valence-corrected chi connectivity index (χ3v) is 4.91. The van der Waals surface area contributed by atoms with Gasteiger partial charge in [0.05, 0.1) is 23.9 Å². The van der Waals surface area contributed by atoms with E-state index in [0.717, 1.165) is 101 Å². The van der Waals surface area contributed by atoms with Crippen LogP contribution in [0.2, 0.25) is 0 Å². The Morgan fingerprint density at radius 3 is 0.683 bits per heavy atom. The molecule has 0 fully saturated rings. The van der Waals surface area contributed by atoms with Crippen molar-refractivity contribution in [2.75, 3.05) is 0 Å². The molecule has 0 atom stereocenters. The summed E-state index contributed by atoms with van der Waals surface area (Å²) in [4.78, 5) is 39.3. The van der Waals surface area contributed by atoms with Gasteiger partial charge in [0.1, 0.15) is 0 Å². The molecule has 0 aliphatic carbocycles. The maximum absolute atomic E-state index is 9.83. The van der Waals surface area contributed by atoms with Crippen LogP contribution in [-0.2, 0) is 19.2 Å². The van der Waals surface area contributed by atoms with Gasteiger partial charge in [0.2, 0.25) is 0 Å². The number of hydrogen-bond acceptors (Lipinski definition) is 8. The molecule has 0 aromatic heterocycles. The first-order chi connectivity index (χ1) is 19.1. The zero-order chi connectivity index (χ0) is 31.3. The molecule has 0 rings (SSSR count). The van der Waals surface area contributed by atoms with Crippen molar-refractivity contribution in [3.05, 3.63) is 48.6 Å².